The van der Waals surface area contributed by atoms with Gasteiger partial charge >= 0.3 is 5.97 Å². The molecule has 17 heavy (non-hydrogen) atoms. The van der Waals surface area contributed by atoms with Gasteiger partial charge in [0.25, 0.3) is 0 Å². The van der Waals surface area contributed by atoms with Crippen molar-refractivity contribution in [3.8, 4) is 0 Å². The van der Waals surface area contributed by atoms with Crippen molar-refractivity contribution in [1.82, 2.24) is 4.98 Å². The Labute approximate surface area is 104 Å². The molecule has 2 aromatic rings. The Kier molecular flexibility index (Phi) is 2.91. The number of fused-ring (bicyclic) bond motifs is 1. The molecule has 0 saturated carbocycles. The second-order valence-corrected chi connectivity index (χ2v) is 6.17. The predicted molar refractivity (Wildman–Crippen MR) is 69.7 cm³/mol. The Balaban J connectivity index is 2.44. The summed E-state index contributed by atoms with van der Waals surface area (Å²) in [6, 6.07) is 5.69. The minimum absolute atomic E-state index is 0.0383. The van der Waals surface area contributed by atoms with Crippen molar-refractivity contribution in [2.45, 2.75) is 32.6 Å². The standard InChI is InChI=1S/C13H15NO2S/c1-13(2,3)12-14-9-6-8(7-11(15)16)4-5-10(9)17-12/h4-6H,7H2,1-3H3,(H,15,16). The molecular weight excluding hydrogens is 234 g/mol. The molecule has 2 rings (SSSR count). The summed E-state index contributed by atoms with van der Waals surface area (Å²) in [4.78, 5) is 15.2. The second-order valence-electron chi connectivity index (χ2n) is 5.14. The molecule has 0 atom stereocenters. The van der Waals surface area contributed by atoms with Crippen LogP contribution in [0.3, 0.4) is 0 Å². The lowest BCUT2D eigenvalue weighted by Crippen LogP contribution is -2.09. The Morgan fingerprint density at radius 3 is 2.71 bits per heavy atom. The minimum atomic E-state index is -0.810. The average molecular weight is 249 g/mol. The molecule has 0 unspecified atom stereocenters. The number of carboxylic acid groups (broad SMARTS) is 1. The van der Waals surface area contributed by atoms with Gasteiger partial charge in [-0.1, -0.05) is 26.8 Å². The molecule has 0 aliphatic heterocycles. The van der Waals surface area contributed by atoms with Crippen molar-refractivity contribution < 1.29 is 9.90 Å². The quantitative estimate of drug-likeness (QED) is 0.889. The van der Waals surface area contributed by atoms with E-state index < -0.39 is 5.97 Å². The number of thiazole rings is 1. The van der Waals surface area contributed by atoms with Crippen molar-refractivity contribution >= 4 is 27.5 Å². The van der Waals surface area contributed by atoms with Crippen LogP contribution in [0, 0.1) is 0 Å². The van der Waals surface area contributed by atoms with E-state index in [1.54, 1.807) is 11.3 Å². The van der Waals surface area contributed by atoms with Crippen molar-refractivity contribution in [3.05, 3.63) is 28.8 Å². The van der Waals surface area contributed by atoms with Crippen LogP contribution in [-0.4, -0.2) is 16.1 Å². The first-order valence-electron chi connectivity index (χ1n) is 5.48. The molecule has 0 fully saturated rings. The molecule has 4 heteroatoms. The molecule has 0 saturated heterocycles. The second kappa shape index (κ2) is 4.11. The van der Waals surface area contributed by atoms with E-state index in [0.29, 0.717) is 0 Å². The van der Waals surface area contributed by atoms with E-state index in [0.717, 1.165) is 20.8 Å². The molecule has 1 heterocycles. The maximum atomic E-state index is 10.7. The SMILES string of the molecule is CC(C)(C)c1nc2cc(CC(=O)O)ccc2s1. The van der Waals surface area contributed by atoms with Crippen LogP contribution in [0.15, 0.2) is 18.2 Å². The number of hydrogen-bond acceptors (Lipinski definition) is 3. The highest BCUT2D eigenvalue weighted by molar-refractivity contribution is 7.18. The number of aliphatic carboxylic acids is 1. The fourth-order valence-electron chi connectivity index (χ4n) is 1.58. The van der Waals surface area contributed by atoms with Crippen LogP contribution in [0.2, 0.25) is 0 Å². The summed E-state index contributed by atoms with van der Waals surface area (Å²) in [5.41, 5.74) is 1.74. The lowest BCUT2D eigenvalue weighted by Gasteiger charge is -2.13. The van der Waals surface area contributed by atoms with Gasteiger partial charge in [-0.15, -0.1) is 11.3 Å². The highest BCUT2D eigenvalue weighted by atomic mass is 32.1. The Hall–Kier alpha value is -1.42. The fraction of sp³-hybridized carbons (Fsp3) is 0.385. The lowest BCUT2D eigenvalue weighted by atomic mass is 9.98. The van der Waals surface area contributed by atoms with Crippen LogP contribution < -0.4 is 0 Å². The molecule has 1 aromatic carbocycles. The van der Waals surface area contributed by atoms with Gasteiger partial charge in [0.15, 0.2) is 0 Å². The molecule has 0 amide bonds. The summed E-state index contributed by atoms with van der Waals surface area (Å²) in [6.07, 6.45) is 0.0539. The van der Waals surface area contributed by atoms with Crippen LogP contribution in [0.5, 0.6) is 0 Å². The first-order chi connectivity index (χ1) is 7.86. The molecule has 90 valence electrons. The molecule has 3 nitrogen and oxygen atoms in total. The van der Waals surface area contributed by atoms with Crippen LogP contribution >= 0.6 is 11.3 Å². The maximum Gasteiger partial charge on any atom is 0.307 e. The van der Waals surface area contributed by atoms with E-state index in [1.807, 2.05) is 18.2 Å². The van der Waals surface area contributed by atoms with Gasteiger partial charge in [-0.05, 0) is 17.7 Å². The third-order valence-electron chi connectivity index (χ3n) is 2.45. The molecular formula is C13H15NO2S. The lowest BCUT2D eigenvalue weighted by molar-refractivity contribution is -0.136. The zero-order chi connectivity index (χ0) is 12.6. The average Bonchev–Trinajstić information content (AvgIpc) is 2.58. The van der Waals surface area contributed by atoms with Crippen molar-refractivity contribution in [1.29, 1.82) is 0 Å². The minimum Gasteiger partial charge on any atom is -0.481 e. The Morgan fingerprint density at radius 1 is 1.41 bits per heavy atom. The largest absolute Gasteiger partial charge is 0.481 e. The molecule has 0 spiro atoms. The molecule has 0 aliphatic rings. The molecule has 0 aliphatic carbocycles. The normalized spacial score (nSPS) is 11.9. The van der Waals surface area contributed by atoms with Crippen LogP contribution in [-0.2, 0) is 16.6 Å². The van der Waals surface area contributed by atoms with Crippen LogP contribution in [0.1, 0.15) is 31.3 Å². The monoisotopic (exact) mass is 249 g/mol. The molecule has 1 N–H and O–H groups in total. The number of aromatic nitrogens is 1. The van der Waals surface area contributed by atoms with Gasteiger partial charge in [0, 0.05) is 5.41 Å². The third-order valence-corrected chi connectivity index (χ3v) is 3.91. The summed E-state index contributed by atoms with van der Waals surface area (Å²) < 4.78 is 1.11. The van der Waals surface area contributed by atoms with E-state index in [9.17, 15) is 4.79 Å². The van der Waals surface area contributed by atoms with Crippen LogP contribution in [0.4, 0.5) is 0 Å². The van der Waals surface area contributed by atoms with Crippen molar-refractivity contribution in [2.24, 2.45) is 0 Å². The molecule has 1 aromatic heterocycles. The number of rotatable bonds is 2. The number of hydrogen-bond donors (Lipinski definition) is 1. The highest BCUT2D eigenvalue weighted by Gasteiger charge is 2.18. The zero-order valence-corrected chi connectivity index (χ0v) is 11.0. The van der Waals surface area contributed by atoms with Crippen LogP contribution in [0.25, 0.3) is 10.2 Å². The van der Waals surface area contributed by atoms with Gasteiger partial charge in [0.1, 0.15) is 0 Å². The number of carbonyl (C=O) groups is 1. The van der Waals surface area contributed by atoms with Crippen molar-refractivity contribution in [2.75, 3.05) is 0 Å². The first-order valence-corrected chi connectivity index (χ1v) is 6.29. The predicted octanol–water partition coefficient (Wildman–Crippen LogP) is 3.22. The number of carboxylic acids is 1. The van der Waals surface area contributed by atoms with Gasteiger partial charge in [0.05, 0.1) is 21.6 Å². The first kappa shape index (κ1) is 12.0. The van der Waals surface area contributed by atoms with E-state index in [4.69, 9.17) is 5.11 Å². The molecule has 0 radical (unpaired) electrons. The van der Waals surface area contributed by atoms with E-state index in [1.165, 1.54) is 0 Å². The van der Waals surface area contributed by atoms with Gasteiger partial charge in [-0.2, -0.15) is 0 Å². The zero-order valence-electron chi connectivity index (χ0n) is 10.2. The summed E-state index contributed by atoms with van der Waals surface area (Å²) in [5.74, 6) is -0.810. The summed E-state index contributed by atoms with van der Waals surface area (Å²) in [6.45, 7) is 6.38. The van der Waals surface area contributed by atoms with E-state index in [2.05, 4.69) is 25.8 Å². The topological polar surface area (TPSA) is 50.2 Å². The Morgan fingerprint density at radius 2 is 2.12 bits per heavy atom. The van der Waals surface area contributed by atoms with Gasteiger partial charge in [-0.3, -0.25) is 4.79 Å². The summed E-state index contributed by atoms with van der Waals surface area (Å²) in [5, 5.41) is 9.84. The highest BCUT2D eigenvalue weighted by Crippen LogP contribution is 2.31. The smallest absolute Gasteiger partial charge is 0.307 e. The van der Waals surface area contributed by atoms with Gasteiger partial charge in [-0.25, -0.2) is 4.98 Å². The summed E-state index contributed by atoms with van der Waals surface area (Å²) >= 11 is 1.67. The number of nitrogens with zero attached hydrogens (tertiary/aromatic N) is 1. The third kappa shape index (κ3) is 2.64. The van der Waals surface area contributed by atoms with Gasteiger partial charge < -0.3 is 5.11 Å². The van der Waals surface area contributed by atoms with Crippen molar-refractivity contribution in [3.63, 3.8) is 0 Å². The summed E-state index contributed by atoms with van der Waals surface area (Å²) in [7, 11) is 0. The fourth-order valence-corrected chi connectivity index (χ4v) is 2.58. The van der Waals surface area contributed by atoms with E-state index in [-0.39, 0.29) is 11.8 Å². The number of benzene rings is 1. The van der Waals surface area contributed by atoms with E-state index >= 15 is 0 Å². The molecule has 0 bridgehead atoms. The Bertz CT molecular complexity index is 566. The van der Waals surface area contributed by atoms with Gasteiger partial charge in [0.2, 0.25) is 0 Å². The maximum absolute atomic E-state index is 10.7.